The van der Waals surface area contributed by atoms with Gasteiger partial charge in [-0.05, 0) is 43.9 Å². The molecule has 2 aliphatic rings. The molecule has 0 saturated heterocycles. The first-order chi connectivity index (χ1) is 10.7. The lowest BCUT2D eigenvalue weighted by molar-refractivity contribution is 0.280. The fourth-order valence-corrected chi connectivity index (χ4v) is 5.72. The number of aryl methyl sites for hydroxylation is 1. The van der Waals surface area contributed by atoms with Gasteiger partial charge in [0.1, 0.15) is 0 Å². The first-order valence-electron chi connectivity index (χ1n) is 7.99. The quantitative estimate of drug-likeness (QED) is 0.846. The highest BCUT2D eigenvalue weighted by Gasteiger charge is 2.42. The number of rotatable bonds is 4. The van der Waals surface area contributed by atoms with Crippen LogP contribution in [0.1, 0.15) is 32.6 Å². The number of hydrogen-bond acceptors (Lipinski definition) is 4. The Balaban J connectivity index is 1.88. The molecule has 0 aromatic carbocycles. The van der Waals surface area contributed by atoms with Crippen molar-refractivity contribution < 1.29 is 8.42 Å². The van der Waals surface area contributed by atoms with E-state index in [0.717, 1.165) is 27.7 Å². The summed E-state index contributed by atoms with van der Waals surface area (Å²) in [6, 6.07) is -0.211. The van der Waals surface area contributed by atoms with Gasteiger partial charge in [0.15, 0.2) is 4.90 Å². The lowest BCUT2D eigenvalue weighted by Gasteiger charge is -2.28. The van der Waals surface area contributed by atoms with E-state index >= 15 is 0 Å². The maximum Gasteiger partial charge on any atom is 0.330 e. The summed E-state index contributed by atoms with van der Waals surface area (Å²) in [6.45, 7) is 1.87. The average Bonchev–Trinajstić information content (AvgIpc) is 3.11. The predicted octanol–water partition coefficient (Wildman–Crippen LogP) is 0.187. The molecular weight excluding hydrogens is 318 g/mol. The van der Waals surface area contributed by atoms with E-state index in [-0.39, 0.29) is 10.9 Å². The Labute approximate surface area is 135 Å². The Morgan fingerprint density at radius 1 is 1.22 bits per heavy atom. The number of fused-ring (bicyclic) bond motifs is 2. The van der Waals surface area contributed by atoms with Crippen molar-refractivity contribution in [2.75, 3.05) is 0 Å². The molecule has 2 saturated carbocycles. The highest BCUT2D eigenvalue weighted by Crippen LogP contribution is 2.49. The summed E-state index contributed by atoms with van der Waals surface area (Å²) < 4.78 is 29.8. The number of nitrogens with one attached hydrogen (secondary N) is 1. The van der Waals surface area contributed by atoms with Crippen LogP contribution in [0.25, 0.3) is 0 Å². The second-order valence-corrected chi connectivity index (χ2v) is 8.68. The molecule has 2 aliphatic carbocycles. The second kappa shape index (κ2) is 5.59. The topological polar surface area (TPSA) is 90.2 Å². The van der Waals surface area contributed by atoms with E-state index in [0.29, 0.717) is 11.8 Å². The molecule has 2 fully saturated rings. The van der Waals surface area contributed by atoms with Crippen LogP contribution in [0.2, 0.25) is 0 Å². The third kappa shape index (κ3) is 2.78. The van der Waals surface area contributed by atoms with Crippen LogP contribution >= 0.6 is 0 Å². The standard InChI is InChI=1S/C15H23N3O4S/c1-9(12-7-10-4-5-11(12)6-10)16-23(21,22)13-8-17(2)15(20)18(3)14(13)19/h8-12,16H,4-7H2,1-3H3/t9-,10-,11-,12-/m0/s1. The molecule has 23 heavy (non-hydrogen) atoms. The van der Waals surface area contributed by atoms with Crippen LogP contribution in [0.3, 0.4) is 0 Å². The maximum atomic E-state index is 12.6. The minimum Gasteiger partial charge on any atom is -0.302 e. The van der Waals surface area contributed by atoms with Crippen LogP contribution in [0.4, 0.5) is 0 Å². The Kier molecular flexibility index (Phi) is 4.00. The largest absolute Gasteiger partial charge is 0.330 e. The van der Waals surface area contributed by atoms with Crippen LogP contribution in [0.5, 0.6) is 0 Å². The van der Waals surface area contributed by atoms with Crippen LogP contribution in [-0.2, 0) is 24.1 Å². The summed E-state index contributed by atoms with van der Waals surface area (Å²) in [7, 11) is -1.24. The van der Waals surface area contributed by atoms with E-state index in [1.54, 1.807) is 0 Å². The van der Waals surface area contributed by atoms with Gasteiger partial charge in [0, 0.05) is 26.3 Å². The van der Waals surface area contributed by atoms with E-state index < -0.39 is 21.3 Å². The van der Waals surface area contributed by atoms with E-state index in [4.69, 9.17) is 0 Å². The van der Waals surface area contributed by atoms with Gasteiger partial charge in [0.2, 0.25) is 10.0 Å². The molecule has 1 aromatic rings. The molecule has 0 amide bonds. The summed E-state index contributed by atoms with van der Waals surface area (Å²) in [5.41, 5.74) is -1.34. The van der Waals surface area contributed by atoms with Gasteiger partial charge >= 0.3 is 5.69 Å². The Hall–Kier alpha value is -1.41. The molecular formula is C15H23N3O4S. The maximum absolute atomic E-state index is 12.6. The molecule has 1 heterocycles. The predicted molar refractivity (Wildman–Crippen MR) is 85.6 cm³/mol. The van der Waals surface area contributed by atoms with Crippen molar-refractivity contribution in [2.45, 2.75) is 43.5 Å². The summed E-state index contributed by atoms with van der Waals surface area (Å²) in [5, 5.41) is 0. The molecule has 0 unspecified atom stereocenters. The van der Waals surface area contributed by atoms with Crippen LogP contribution < -0.4 is 16.0 Å². The highest BCUT2D eigenvalue weighted by molar-refractivity contribution is 7.89. The van der Waals surface area contributed by atoms with Crippen LogP contribution in [-0.4, -0.2) is 23.6 Å². The van der Waals surface area contributed by atoms with Gasteiger partial charge in [0.05, 0.1) is 0 Å². The van der Waals surface area contributed by atoms with Crippen LogP contribution in [0.15, 0.2) is 20.7 Å². The molecule has 0 spiro atoms. The Morgan fingerprint density at radius 3 is 2.48 bits per heavy atom. The molecule has 0 aliphatic heterocycles. The van der Waals surface area contributed by atoms with E-state index in [1.807, 2.05) is 6.92 Å². The fourth-order valence-electron chi connectivity index (χ4n) is 4.26. The van der Waals surface area contributed by atoms with Crippen molar-refractivity contribution in [3.8, 4) is 0 Å². The monoisotopic (exact) mass is 341 g/mol. The van der Waals surface area contributed by atoms with Gasteiger partial charge in [-0.3, -0.25) is 9.36 Å². The van der Waals surface area contributed by atoms with Crippen molar-refractivity contribution in [1.82, 2.24) is 13.9 Å². The van der Waals surface area contributed by atoms with Crippen molar-refractivity contribution in [3.63, 3.8) is 0 Å². The minimum absolute atomic E-state index is 0.211. The third-order valence-corrected chi connectivity index (χ3v) is 7.02. The van der Waals surface area contributed by atoms with E-state index in [2.05, 4.69) is 4.72 Å². The Morgan fingerprint density at radius 2 is 1.91 bits per heavy atom. The highest BCUT2D eigenvalue weighted by atomic mass is 32.2. The smallest absolute Gasteiger partial charge is 0.302 e. The summed E-state index contributed by atoms with van der Waals surface area (Å²) in [4.78, 5) is 23.5. The molecule has 4 atom stereocenters. The van der Waals surface area contributed by atoms with Gasteiger partial charge in [-0.1, -0.05) is 6.42 Å². The fraction of sp³-hybridized carbons (Fsp3) is 0.733. The van der Waals surface area contributed by atoms with Crippen molar-refractivity contribution in [1.29, 1.82) is 0 Å². The van der Waals surface area contributed by atoms with E-state index in [1.165, 1.54) is 33.4 Å². The van der Waals surface area contributed by atoms with Gasteiger partial charge in [-0.25, -0.2) is 17.9 Å². The number of nitrogens with zero attached hydrogens (tertiary/aromatic N) is 2. The normalized spacial score (nSPS) is 28.2. The SMILES string of the molecule is C[C@H](NS(=O)(=O)c1cn(C)c(=O)n(C)c1=O)[C@@H]1C[C@H]2CC[C@H]1C2. The zero-order valence-electron chi connectivity index (χ0n) is 13.7. The number of hydrogen-bond donors (Lipinski definition) is 1. The molecule has 2 bridgehead atoms. The molecule has 1 N–H and O–H groups in total. The summed E-state index contributed by atoms with van der Waals surface area (Å²) in [6.07, 6.45) is 5.77. The summed E-state index contributed by atoms with van der Waals surface area (Å²) in [5.74, 6) is 1.64. The minimum atomic E-state index is -3.95. The van der Waals surface area contributed by atoms with Crippen molar-refractivity contribution >= 4 is 10.0 Å². The number of sulfonamides is 1. The molecule has 8 heteroatoms. The number of aromatic nitrogens is 2. The first-order valence-corrected chi connectivity index (χ1v) is 9.48. The second-order valence-electron chi connectivity index (χ2n) is 7.00. The molecule has 1 aromatic heterocycles. The molecule has 3 rings (SSSR count). The lowest BCUT2D eigenvalue weighted by Crippen LogP contribution is -2.45. The molecule has 7 nitrogen and oxygen atoms in total. The van der Waals surface area contributed by atoms with Crippen LogP contribution in [0, 0.1) is 17.8 Å². The summed E-state index contributed by atoms with van der Waals surface area (Å²) >= 11 is 0. The van der Waals surface area contributed by atoms with Gasteiger partial charge in [-0.2, -0.15) is 0 Å². The Bertz CT molecular complexity index is 839. The molecule has 128 valence electrons. The molecule has 0 radical (unpaired) electrons. The van der Waals surface area contributed by atoms with Gasteiger partial charge in [-0.15, -0.1) is 0 Å². The zero-order chi connectivity index (χ0) is 16.9. The average molecular weight is 341 g/mol. The first kappa shape index (κ1) is 16.4. The van der Waals surface area contributed by atoms with Gasteiger partial charge < -0.3 is 4.57 Å². The van der Waals surface area contributed by atoms with Crippen molar-refractivity contribution in [2.24, 2.45) is 31.8 Å². The van der Waals surface area contributed by atoms with Gasteiger partial charge in [0.25, 0.3) is 5.56 Å². The zero-order valence-corrected chi connectivity index (χ0v) is 14.5. The third-order valence-electron chi connectivity index (χ3n) is 5.48. The van der Waals surface area contributed by atoms with Crippen molar-refractivity contribution in [3.05, 3.63) is 27.0 Å². The lowest BCUT2D eigenvalue weighted by atomic mass is 9.84. The van der Waals surface area contributed by atoms with E-state index in [9.17, 15) is 18.0 Å².